The van der Waals surface area contributed by atoms with Gasteiger partial charge in [0, 0.05) is 31.0 Å². The van der Waals surface area contributed by atoms with Gasteiger partial charge in [0.15, 0.2) is 0 Å². The first-order chi connectivity index (χ1) is 14.7. The van der Waals surface area contributed by atoms with Gasteiger partial charge in [-0.1, -0.05) is 12.1 Å². The number of hydrogen-bond acceptors (Lipinski definition) is 3. The highest BCUT2D eigenvalue weighted by Crippen LogP contribution is 2.34. The summed E-state index contributed by atoms with van der Waals surface area (Å²) in [6.07, 6.45) is -4.40. The molecule has 0 bridgehead atoms. The van der Waals surface area contributed by atoms with Crippen LogP contribution in [-0.2, 0) is 11.0 Å². The van der Waals surface area contributed by atoms with E-state index in [9.17, 15) is 22.8 Å². The lowest BCUT2D eigenvalue weighted by Crippen LogP contribution is -2.60. The SMILES string of the molecule is CC(=O)NC1CN(C(=O)c2ccc3c(Oc4ccc(C(F)(F)F)cc4)cccc3c2)C1. The lowest BCUT2D eigenvalue weighted by Gasteiger charge is -2.39. The van der Waals surface area contributed by atoms with E-state index in [2.05, 4.69) is 5.32 Å². The topological polar surface area (TPSA) is 58.6 Å². The molecule has 8 heteroatoms. The van der Waals surface area contributed by atoms with Gasteiger partial charge in [0.1, 0.15) is 11.5 Å². The molecule has 160 valence electrons. The third-order valence-corrected chi connectivity index (χ3v) is 5.07. The van der Waals surface area contributed by atoms with Gasteiger partial charge in [0.2, 0.25) is 5.91 Å². The molecule has 0 radical (unpaired) electrons. The number of nitrogens with zero attached hydrogens (tertiary/aromatic N) is 1. The highest BCUT2D eigenvalue weighted by atomic mass is 19.4. The summed E-state index contributed by atoms with van der Waals surface area (Å²) in [6.45, 7) is 2.37. The van der Waals surface area contributed by atoms with Crippen LogP contribution < -0.4 is 10.1 Å². The molecule has 0 spiro atoms. The summed E-state index contributed by atoms with van der Waals surface area (Å²) in [6, 6.07) is 15.0. The van der Waals surface area contributed by atoms with Crippen LogP contribution in [0.2, 0.25) is 0 Å². The van der Waals surface area contributed by atoms with Crippen molar-refractivity contribution >= 4 is 22.6 Å². The molecular weight excluding hydrogens is 409 g/mol. The minimum Gasteiger partial charge on any atom is -0.457 e. The first-order valence-electron chi connectivity index (χ1n) is 9.65. The normalized spacial score (nSPS) is 14.3. The van der Waals surface area contributed by atoms with Crippen LogP contribution in [0.4, 0.5) is 13.2 Å². The number of hydrogen-bond donors (Lipinski definition) is 1. The first kappa shape index (κ1) is 20.7. The third-order valence-electron chi connectivity index (χ3n) is 5.07. The number of rotatable bonds is 4. The van der Waals surface area contributed by atoms with Crippen LogP contribution in [0, 0.1) is 0 Å². The molecule has 0 saturated carbocycles. The predicted octanol–water partition coefficient (Wildman–Crippen LogP) is 4.61. The van der Waals surface area contributed by atoms with E-state index < -0.39 is 11.7 Å². The second-order valence-corrected chi connectivity index (χ2v) is 7.42. The Morgan fingerprint density at radius 2 is 1.74 bits per heavy atom. The zero-order valence-electron chi connectivity index (χ0n) is 16.6. The highest BCUT2D eigenvalue weighted by molar-refractivity contribution is 6.00. The summed E-state index contributed by atoms with van der Waals surface area (Å²) in [5.41, 5.74) is -0.229. The summed E-state index contributed by atoms with van der Waals surface area (Å²) in [5.74, 6) is 0.511. The van der Waals surface area contributed by atoms with Gasteiger partial charge in [-0.2, -0.15) is 13.2 Å². The number of benzene rings is 3. The van der Waals surface area contributed by atoms with Gasteiger partial charge < -0.3 is 15.0 Å². The van der Waals surface area contributed by atoms with Crippen molar-refractivity contribution in [3.05, 3.63) is 71.8 Å². The number of ether oxygens (including phenoxy) is 1. The van der Waals surface area contributed by atoms with Crippen molar-refractivity contribution in [2.45, 2.75) is 19.1 Å². The second-order valence-electron chi connectivity index (χ2n) is 7.42. The number of likely N-dealkylation sites (tertiary alicyclic amines) is 1. The quantitative estimate of drug-likeness (QED) is 0.660. The number of fused-ring (bicyclic) bond motifs is 1. The van der Waals surface area contributed by atoms with Crippen LogP contribution in [0.25, 0.3) is 10.8 Å². The van der Waals surface area contributed by atoms with Crippen molar-refractivity contribution in [2.24, 2.45) is 0 Å². The number of carbonyl (C=O) groups is 2. The lowest BCUT2D eigenvalue weighted by molar-refractivity contribution is -0.137. The maximum atomic E-state index is 12.7. The minimum atomic E-state index is -4.40. The van der Waals surface area contributed by atoms with Gasteiger partial charge in [-0.15, -0.1) is 0 Å². The first-order valence-corrected chi connectivity index (χ1v) is 9.65. The molecule has 1 heterocycles. The molecule has 1 N–H and O–H groups in total. The molecule has 0 atom stereocenters. The molecule has 4 rings (SSSR count). The number of nitrogens with one attached hydrogen (secondary N) is 1. The van der Waals surface area contributed by atoms with E-state index in [0.717, 1.165) is 22.9 Å². The van der Waals surface area contributed by atoms with Crippen molar-refractivity contribution in [1.29, 1.82) is 0 Å². The molecule has 1 fully saturated rings. The average molecular weight is 428 g/mol. The maximum absolute atomic E-state index is 12.7. The maximum Gasteiger partial charge on any atom is 0.416 e. The summed E-state index contributed by atoms with van der Waals surface area (Å²) >= 11 is 0. The fourth-order valence-electron chi connectivity index (χ4n) is 3.52. The molecule has 3 aromatic carbocycles. The molecule has 5 nitrogen and oxygen atoms in total. The molecule has 1 aliphatic heterocycles. The van der Waals surface area contributed by atoms with Crippen LogP contribution in [0.5, 0.6) is 11.5 Å². The Balaban J connectivity index is 1.51. The summed E-state index contributed by atoms with van der Waals surface area (Å²) in [7, 11) is 0. The fourth-order valence-corrected chi connectivity index (χ4v) is 3.52. The Labute approximate surface area is 176 Å². The molecule has 1 aliphatic rings. The molecule has 1 saturated heterocycles. The molecule has 0 aromatic heterocycles. The Bertz CT molecular complexity index is 1140. The Morgan fingerprint density at radius 3 is 2.39 bits per heavy atom. The molecule has 2 amide bonds. The Kier molecular flexibility index (Phi) is 5.31. The van der Waals surface area contributed by atoms with Crippen LogP contribution in [0.1, 0.15) is 22.8 Å². The monoisotopic (exact) mass is 428 g/mol. The van der Waals surface area contributed by atoms with Gasteiger partial charge in [-0.05, 0) is 53.9 Å². The third kappa shape index (κ3) is 4.47. The van der Waals surface area contributed by atoms with Crippen LogP contribution in [0.15, 0.2) is 60.7 Å². The molecule has 31 heavy (non-hydrogen) atoms. The summed E-state index contributed by atoms with van der Waals surface area (Å²) in [5, 5.41) is 4.28. The van der Waals surface area contributed by atoms with Crippen molar-refractivity contribution in [3.63, 3.8) is 0 Å². The molecule has 0 aliphatic carbocycles. The average Bonchev–Trinajstić information content (AvgIpc) is 2.69. The smallest absolute Gasteiger partial charge is 0.416 e. The predicted molar refractivity (Wildman–Crippen MR) is 109 cm³/mol. The van der Waals surface area contributed by atoms with E-state index in [0.29, 0.717) is 24.4 Å². The Hall–Kier alpha value is -3.55. The van der Waals surface area contributed by atoms with Gasteiger partial charge >= 0.3 is 6.18 Å². The number of alkyl halides is 3. The minimum absolute atomic E-state index is 0.0226. The molecular formula is C23H19F3N2O3. The fraction of sp³-hybridized carbons (Fsp3) is 0.217. The van der Waals surface area contributed by atoms with E-state index in [1.165, 1.54) is 19.1 Å². The van der Waals surface area contributed by atoms with E-state index in [1.807, 2.05) is 6.07 Å². The van der Waals surface area contributed by atoms with Crippen LogP contribution in [0.3, 0.4) is 0 Å². The zero-order chi connectivity index (χ0) is 22.2. The van der Waals surface area contributed by atoms with Crippen LogP contribution in [-0.4, -0.2) is 35.8 Å². The number of halogens is 3. The summed E-state index contributed by atoms with van der Waals surface area (Å²) < 4.78 is 44.0. The molecule has 3 aromatic rings. The van der Waals surface area contributed by atoms with Gasteiger partial charge in [0.05, 0.1) is 11.6 Å². The number of amides is 2. The van der Waals surface area contributed by atoms with Crippen LogP contribution >= 0.6 is 0 Å². The highest BCUT2D eigenvalue weighted by Gasteiger charge is 2.32. The van der Waals surface area contributed by atoms with Gasteiger partial charge in [-0.3, -0.25) is 9.59 Å². The van der Waals surface area contributed by atoms with E-state index in [4.69, 9.17) is 4.74 Å². The largest absolute Gasteiger partial charge is 0.457 e. The number of carbonyl (C=O) groups excluding carboxylic acids is 2. The van der Waals surface area contributed by atoms with Crippen molar-refractivity contribution in [2.75, 3.05) is 13.1 Å². The standard InChI is InChI=1S/C23H19F3N2O3/c1-14(29)27-18-12-28(13-18)22(30)16-5-10-20-15(11-16)3-2-4-21(20)31-19-8-6-17(7-9-19)23(24,25)26/h2-11,18H,12-13H2,1H3,(H,27,29). The zero-order valence-corrected chi connectivity index (χ0v) is 16.6. The second kappa shape index (κ2) is 7.94. The van der Waals surface area contributed by atoms with Gasteiger partial charge in [-0.25, -0.2) is 0 Å². The van der Waals surface area contributed by atoms with Crippen molar-refractivity contribution in [3.8, 4) is 11.5 Å². The van der Waals surface area contributed by atoms with Crippen molar-refractivity contribution in [1.82, 2.24) is 10.2 Å². The molecule has 0 unspecified atom stereocenters. The van der Waals surface area contributed by atoms with E-state index in [-0.39, 0.29) is 23.6 Å². The lowest BCUT2D eigenvalue weighted by atomic mass is 10.0. The van der Waals surface area contributed by atoms with E-state index in [1.54, 1.807) is 35.2 Å². The summed E-state index contributed by atoms with van der Waals surface area (Å²) in [4.78, 5) is 25.4. The Morgan fingerprint density at radius 1 is 1.03 bits per heavy atom. The van der Waals surface area contributed by atoms with Crippen molar-refractivity contribution < 1.29 is 27.5 Å². The van der Waals surface area contributed by atoms with Gasteiger partial charge in [0.25, 0.3) is 5.91 Å². The van der Waals surface area contributed by atoms with E-state index >= 15 is 0 Å².